The second-order valence-electron chi connectivity index (χ2n) is 7.91. The number of rotatable bonds is 5. The summed E-state index contributed by atoms with van der Waals surface area (Å²) in [5, 5.41) is 0. The number of amides is 3. The van der Waals surface area contributed by atoms with Gasteiger partial charge in [0.25, 0.3) is 17.7 Å². The minimum atomic E-state index is -1.07. The first-order valence-corrected chi connectivity index (χ1v) is 9.72. The fourth-order valence-electron chi connectivity index (χ4n) is 3.86. The van der Waals surface area contributed by atoms with Crippen molar-refractivity contribution in [1.29, 1.82) is 0 Å². The van der Waals surface area contributed by atoms with Gasteiger partial charge in [-0.05, 0) is 36.8 Å². The van der Waals surface area contributed by atoms with Crippen LogP contribution in [0.3, 0.4) is 0 Å². The first-order chi connectivity index (χ1) is 13.3. The van der Waals surface area contributed by atoms with E-state index in [1.807, 2.05) is 0 Å². The third-order valence-corrected chi connectivity index (χ3v) is 5.32. The number of esters is 1. The maximum Gasteiger partial charge on any atom is 0.330 e. The Bertz CT molecular complexity index is 769. The van der Waals surface area contributed by atoms with Crippen molar-refractivity contribution in [2.24, 2.45) is 11.8 Å². The maximum atomic E-state index is 12.7. The number of piperidine rings is 1. The Hall–Kier alpha value is -2.70. The number of carbonyl (C=O) groups is 4. The monoisotopic (exact) mass is 386 g/mol. The third kappa shape index (κ3) is 3.79. The molecule has 1 aromatic carbocycles. The lowest BCUT2D eigenvalue weighted by molar-refractivity contribution is -0.157. The summed E-state index contributed by atoms with van der Waals surface area (Å²) in [4.78, 5) is 53.2. The highest BCUT2D eigenvalue weighted by Crippen LogP contribution is 2.27. The molecular formula is C21H26N2O5. The van der Waals surface area contributed by atoms with Gasteiger partial charge in [0, 0.05) is 13.1 Å². The van der Waals surface area contributed by atoms with Crippen LogP contribution in [0.4, 0.5) is 0 Å². The standard InChI is InChI=1S/C21H26N2O5/c1-13(2)18(23-19(25)15-8-4-5-9-16(15)20(23)26)21(27)28-12-17(24)22-10-6-7-14(3)11-22/h4-5,8-9,13-14,18H,6-7,10-12H2,1-3H3/t14-,18-/m0/s1. The molecule has 0 unspecified atom stereocenters. The second kappa shape index (κ2) is 8.12. The van der Waals surface area contributed by atoms with Crippen molar-refractivity contribution >= 4 is 23.7 Å². The van der Waals surface area contributed by atoms with E-state index in [2.05, 4.69) is 6.92 Å². The molecule has 2 heterocycles. The van der Waals surface area contributed by atoms with Gasteiger partial charge in [-0.15, -0.1) is 0 Å². The molecule has 7 heteroatoms. The minimum absolute atomic E-state index is 0.246. The van der Waals surface area contributed by atoms with Crippen molar-refractivity contribution < 1.29 is 23.9 Å². The number of hydrogen-bond donors (Lipinski definition) is 0. The van der Waals surface area contributed by atoms with Crippen LogP contribution in [0.5, 0.6) is 0 Å². The molecule has 28 heavy (non-hydrogen) atoms. The topological polar surface area (TPSA) is 84.0 Å². The quantitative estimate of drug-likeness (QED) is 0.572. The molecule has 2 atom stereocenters. The van der Waals surface area contributed by atoms with Crippen LogP contribution in [0.2, 0.25) is 0 Å². The molecule has 2 aliphatic heterocycles. The molecule has 3 rings (SSSR count). The summed E-state index contributed by atoms with van der Waals surface area (Å²) >= 11 is 0. The van der Waals surface area contributed by atoms with E-state index in [9.17, 15) is 19.2 Å². The summed E-state index contributed by atoms with van der Waals surface area (Å²) in [6.07, 6.45) is 2.02. The highest BCUT2D eigenvalue weighted by atomic mass is 16.5. The first kappa shape index (κ1) is 20.0. The second-order valence-corrected chi connectivity index (χ2v) is 7.91. The molecule has 0 aromatic heterocycles. The zero-order valence-corrected chi connectivity index (χ0v) is 16.5. The van der Waals surface area contributed by atoms with E-state index < -0.39 is 23.8 Å². The third-order valence-electron chi connectivity index (χ3n) is 5.32. The van der Waals surface area contributed by atoms with Crippen LogP contribution in [0.1, 0.15) is 54.3 Å². The molecule has 0 bridgehead atoms. The van der Waals surface area contributed by atoms with Crippen LogP contribution in [-0.4, -0.2) is 59.2 Å². The Morgan fingerprint density at radius 2 is 1.75 bits per heavy atom. The molecule has 2 aliphatic rings. The van der Waals surface area contributed by atoms with Crippen molar-refractivity contribution in [3.63, 3.8) is 0 Å². The van der Waals surface area contributed by atoms with Crippen LogP contribution in [-0.2, 0) is 14.3 Å². The average Bonchev–Trinajstić information content (AvgIpc) is 2.91. The molecule has 3 amide bonds. The molecule has 0 N–H and O–H groups in total. The molecule has 1 fully saturated rings. The van der Waals surface area contributed by atoms with Gasteiger partial charge in [0.05, 0.1) is 11.1 Å². The van der Waals surface area contributed by atoms with Gasteiger partial charge in [-0.3, -0.25) is 19.3 Å². The number of benzene rings is 1. The van der Waals surface area contributed by atoms with Gasteiger partial charge in [0.2, 0.25) is 0 Å². The van der Waals surface area contributed by atoms with Gasteiger partial charge in [0.15, 0.2) is 6.61 Å². The van der Waals surface area contributed by atoms with E-state index in [-0.39, 0.29) is 29.6 Å². The van der Waals surface area contributed by atoms with E-state index in [1.165, 1.54) is 0 Å². The number of imide groups is 1. The van der Waals surface area contributed by atoms with Crippen molar-refractivity contribution in [1.82, 2.24) is 9.80 Å². The van der Waals surface area contributed by atoms with Crippen molar-refractivity contribution in [3.05, 3.63) is 35.4 Å². The van der Waals surface area contributed by atoms with Crippen LogP contribution in [0, 0.1) is 11.8 Å². The fraction of sp³-hybridized carbons (Fsp3) is 0.524. The Labute approximate surface area is 164 Å². The molecule has 1 saturated heterocycles. The molecule has 150 valence electrons. The first-order valence-electron chi connectivity index (χ1n) is 9.72. The largest absolute Gasteiger partial charge is 0.454 e. The van der Waals surface area contributed by atoms with Gasteiger partial charge in [-0.2, -0.15) is 0 Å². The van der Waals surface area contributed by atoms with Crippen LogP contribution < -0.4 is 0 Å². The number of carbonyl (C=O) groups excluding carboxylic acids is 4. The Kier molecular flexibility index (Phi) is 5.82. The number of ether oxygens (including phenoxy) is 1. The summed E-state index contributed by atoms with van der Waals surface area (Å²) in [5.74, 6) is -1.91. The Morgan fingerprint density at radius 3 is 2.29 bits per heavy atom. The van der Waals surface area contributed by atoms with Crippen molar-refractivity contribution in [3.8, 4) is 0 Å². The molecule has 7 nitrogen and oxygen atoms in total. The van der Waals surface area contributed by atoms with E-state index in [1.54, 1.807) is 43.0 Å². The van der Waals surface area contributed by atoms with E-state index in [0.717, 1.165) is 17.7 Å². The normalized spacial score (nSPS) is 20.4. The highest BCUT2D eigenvalue weighted by Gasteiger charge is 2.44. The van der Waals surface area contributed by atoms with Crippen LogP contribution in [0.15, 0.2) is 24.3 Å². The van der Waals surface area contributed by atoms with Gasteiger partial charge < -0.3 is 9.64 Å². The number of hydrogen-bond acceptors (Lipinski definition) is 5. The van der Waals surface area contributed by atoms with E-state index in [4.69, 9.17) is 4.74 Å². The smallest absolute Gasteiger partial charge is 0.330 e. The lowest BCUT2D eigenvalue weighted by Crippen LogP contribution is -2.49. The van der Waals surface area contributed by atoms with Crippen molar-refractivity contribution in [2.45, 2.75) is 39.7 Å². The number of likely N-dealkylation sites (tertiary alicyclic amines) is 1. The molecule has 0 radical (unpaired) electrons. The van der Waals surface area contributed by atoms with E-state index >= 15 is 0 Å². The van der Waals surface area contributed by atoms with E-state index in [0.29, 0.717) is 19.0 Å². The average molecular weight is 386 g/mol. The van der Waals surface area contributed by atoms with Gasteiger partial charge in [-0.1, -0.05) is 32.9 Å². The summed E-state index contributed by atoms with van der Waals surface area (Å²) in [7, 11) is 0. The van der Waals surface area contributed by atoms with Crippen molar-refractivity contribution in [2.75, 3.05) is 19.7 Å². The SMILES string of the molecule is CC(C)[C@@H](C(=O)OCC(=O)N1CCC[C@H](C)C1)N1C(=O)c2ccccc2C1=O. The maximum absolute atomic E-state index is 12.7. The minimum Gasteiger partial charge on any atom is -0.454 e. The fourth-order valence-corrected chi connectivity index (χ4v) is 3.86. The lowest BCUT2D eigenvalue weighted by Gasteiger charge is -2.31. The van der Waals surface area contributed by atoms with Gasteiger partial charge in [0.1, 0.15) is 6.04 Å². The highest BCUT2D eigenvalue weighted by molar-refractivity contribution is 6.22. The number of nitrogens with zero attached hydrogens (tertiary/aromatic N) is 2. The molecule has 0 saturated carbocycles. The van der Waals surface area contributed by atoms with Crippen LogP contribution >= 0.6 is 0 Å². The Balaban J connectivity index is 1.69. The predicted molar refractivity (Wildman–Crippen MR) is 102 cm³/mol. The molecular weight excluding hydrogens is 360 g/mol. The molecule has 0 aliphatic carbocycles. The molecule has 1 aromatic rings. The van der Waals surface area contributed by atoms with Crippen LogP contribution in [0.25, 0.3) is 0 Å². The molecule has 0 spiro atoms. The lowest BCUT2D eigenvalue weighted by atomic mass is 10.0. The summed E-state index contributed by atoms with van der Waals surface area (Å²) in [6, 6.07) is 5.42. The summed E-state index contributed by atoms with van der Waals surface area (Å²) in [6.45, 7) is 6.50. The Morgan fingerprint density at radius 1 is 1.14 bits per heavy atom. The number of fused-ring (bicyclic) bond motifs is 1. The predicted octanol–water partition coefficient (Wildman–Crippen LogP) is 2.11. The van der Waals surface area contributed by atoms with Gasteiger partial charge in [-0.25, -0.2) is 4.79 Å². The summed E-state index contributed by atoms with van der Waals surface area (Å²) in [5.41, 5.74) is 0.564. The zero-order valence-electron chi connectivity index (χ0n) is 16.5. The van der Waals surface area contributed by atoms with Gasteiger partial charge >= 0.3 is 5.97 Å². The zero-order chi connectivity index (χ0) is 20.4. The summed E-state index contributed by atoms with van der Waals surface area (Å²) < 4.78 is 5.25.